The molecule has 0 spiro atoms. The average molecular weight is 291 g/mol. The van der Waals surface area contributed by atoms with Crippen LogP contribution in [0.4, 0.5) is 5.13 Å². The Morgan fingerprint density at radius 1 is 1.50 bits per heavy atom. The number of hydrogen-bond acceptors (Lipinski definition) is 5. The van der Waals surface area contributed by atoms with Crippen molar-refractivity contribution in [2.24, 2.45) is 0 Å². The Kier molecular flexibility index (Phi) is 4.24. The molecule has 1 amide bonds. The first-order valence-electron chi connectivity index (χ1n) is 6.17. The summed E-state index contributed by atoms with van der Waals surface area (Å²) in [5, 5.41) is 4.93. The Labute approximate surface area is 121 Å². The molecule has 0 aliphatic heterocycles. The Morgan fingerprint density at radius 3 is 2.85 bits per heavy atom. The first-order chi connectivity index (χ1) is 9.51. The van der Waals surface area contributed by atoms with E-state index in [0.717, 1.165) is 16.9 Å². The fraction of sp³-hybridized carbons (Fsp3) is 0.286. The zero-order chi connectivity index (χ0) is 14.7. The van der Waals surface area contributed by atoms with E-state index < -0.39 is 0 Å². The number of carbonyl (C=O) groups is 1. The maximum atomic E-state index is 12.1. The van der Waals surface area contributed by atoms with Crippen LogP contribution in [0.25, 0.3) is 0 Å². The molecule has 0 saturated heterocycles. The van der Waals surface area contributed by atoms with Gasteiger partial charge in [0.2, 0.25) is 0 Å². The number of thiazole rings is 1. The van der Waals surface area contributed by atoms with Gasteiger partial charge in [-0.1, -0.05) is 17.7 Å². The van der Waals surface area contributed by atoms with Crippen molar-refractivity contribution in [3.8, 4) is 5.75 Å². The van der Waals surface area contributed by atoms with Crippen LogP contribution >= 0.6 is 11.3 Å². The molecule has 1 heterocycles. The third-order valence-corrected chi connectivity index (χ3v) is 3.63. The molecule has 2 aromatic rings. The van der Waals surface area contributed by atoms with Gasteiger partial charge in [-0.05, 0) is 19.9 Å². The van der Waals surface area contributed by atoms with Crippen LogP contribution in [0.15, 0.2) is 23.6 Å². The van der Waals surface area contributed by atoms with Crippen molar-refractivity contribution in [3.63, 3.8) is 0 Å². The minimum Gasteiger partial charge on any atom is -0.496 e. The summed E-state index contributed by atoms with van der Waals surface area (Å²) in [4.78, 5) is 16.0. The lowest BCUT2D eigenvalue weighted by Crippen LogP contribution is -2.27. The second-order valence-corrected chi connectivity index (χ2v) is 5.40. The Hall–Kier alpha value is -2.08. The lowest BCUT2D eigenvalue weighted by molar-refractivity contribution is 0.0935. The van der Waals surface area contributed by atoms with Crippen LogP contribution in [0.3, 0.4) is 0 Å². The highest BCUT2D eigenvalue weighted by Crippen LogP contribution is 2.26. The normalized spacial score (nSPS) is 11.9. The van der Waals surface area contributed by atoms with Crippen molar-refractivity contribution < 1.29 is 9.53 Å². The predicted molar refractivity (Wildman–Crippen MR) is 80.1 cm³/mol. The van der Waals surface area contributed by atoms with Crippen LogP contribution in [0.5, 0.6) is 5.75 Å². The van der Waals surface area contributed by atoms with Crippen LogP contribution in [0.1, 0.15) is 34.6 Å². The van der Waals surface area contributed by atoms with Crippen molar-refractivity contribution >= 4 is 22.4 Å². The second-order valence-electron chi connectivity index (χ2n) is 4.51. The summed E-state index contributed by atoms with van der Waals surface area (Å²) >= 11 is 1.25. The second kappa shape index (κ2) is 5.92. The van der Waals surface area contributed by atoms with E-state index in [9.17, 15) is 4.79 Å². The zero-order valence-corrected chi connectivity index (χ0v) is 12.5. The van der Waals surface area contributed by atoms with E-state index in [1.54, 1.807) is 12.5 Å². The Bertz CT molecular complexity index is 625. The van der Waals surface area contributed by atoms with Gasteiger partial charge >= 0.3 is 0 Å². The molecule has 1 aromatic carbocycles. The SMILES string of the molecule is COc1ccc(C)cc1C(C)NC(=O)c1csc(N)n1. The number of benzene rings is 1. The summed E-state index contributed by atoms with van der Waals surface area (Å²) in [7, 11) is 1.61. The third kappa shape index (κ3) is 3.08. The highest BCUT2D eigenvalue weighted by molar-refractivity contribution is 7.13. The summed E-state index contributed by atoms with van der Waals surface area (Å²) in [5.74, 6) is 0.509. The molecule has 3 N–H and O–H groups in total. The molecule has 2 rings (SSSR count). The van der Waals surface area contributed by atoms with Gasteiger partial charge in [-0.15, -0.1) is 11.3 Å². The van der Waals surface area contributed by atoms with Crippen molar-refractivity contribution in [2.75, 3.05) is 12.8 Å². The molecule has 106 valence electrons. The number of anilines is 1. The molecule has 6 heteroatoms. The minimum absolute atomic E-state index is 0.180. The van der Waals surface area contributed by atoms with Gasteiger partial charge in [0.15, 0.2) is 5.13 Å². The quantitative estimate of drug-likeness (QED) is 0.907. The standard InChI is InChI=1S/C14H17N3O2S/c1-8-4-5-12(19-3)10(6-8)9(2)16-13(18)11-7-20-14(15)17-11/h4-7,9H,1-3H3,(H2,15,17)(H,16,18). The van der Waals surface area contributed by atoms with E-state index in [0.29, 0.717) is 10.8 Å². The first kappa shape index (κ1) is 14.3. The third-order valence-electron chi connectivity index (χ3n) is 2.95. The number of nitrogens with zero attached hydrogens (tertiary/aromatic N) is 1. The molecule has 1 atom stereocenters. The summed E-state index contributed by atoms with van der Waals surface area (Å²) < 4.78 is 5.33. The number of hydrogen-bond donors (Lipinski definition) is 2. The van der Waals surface area contributed by atoms with Crippen LogP contribution in [-0.4, -0.2) is 18.0 Å². The van der Waals surface area contributed by atoms with Gasteiger partial charge in [0.25, 0.3) is 5.91 Å². The smallest absolute Gasteiger partial charge is 0.271 e. The van der Waals surface area contributed by atoms with Gasteiger partial charge in [0, 0.05) is 10.9 Å². The van der Waals surface area contributed by atoms with E-state index in [1.165, 1.54) is 11.3 Å². The largest absolute Gasteiger partial charge is 0.496 e. The highest BCUT2D eigenvalue weighted by Gasteiger charge is 2.17. The zero-order valence-electron chi connectivity index (χ0n) is 11.6. The highest BCUT2D eigenvalue weighted by atomic mass is 32.1. The Morgan fingerprint density at radius 2 is 2.25 bits per heavy atom. The molecular formula is C14H17N3O2S. The van der Waals surface area contributed by atoms with Gasteiger partial charge < -0.3 is 15.8 Å². The fourth-order valence-corrected chi connectivity index (χ4v) is 2.48. The van der Waals surface area contributed by atoms with E-state index in [1.807, 2.05) is 32.0 Å². The van der Waals surface area contributed by atoms with Crippen molar-refractivity contribution in [1.82, 2.24) is 10.3 Å². The van der Waals surface area contributed by atoms with Crippen molar-refractivity contribution in [3.05, 3.63) is 40.4 Å². The maximum absolute atomic E-state index is 12.1. The van der Waals surface area contributed by atoms with Crippen molar-refractivity contribution in [2.45, 2.75) is 19.9 Å². The molecule has 1 aromatic heterocycles. The van der Waals surface area contributed by atoms with Crippen molar-refractivity contribution in [1.29, 1.82) is 0 Å². The van der Waals surface area contributed by atoms with Crippen LogP contribution in [0.2, 0.25) is 0 Å². The number of rotatable bonds is 4. The number of nitrogens with two attached hydrogens (primary N) is 1. The van der Waals surface area contributed by atoms with Crippen LogP contribution in [0, 0.1) is 6.92 Å². The van der Waals surface area contributed by atoms with E-state index in [4.69, 9.17) is 10.5 Å². The van der Waals surface area contributed by atoms with Gasteiger partial charge in [0.05, 0.1) is 13.2 Å². The number of nitrogen functional groups attached to an aromatic ring is 1. The monoisotopic (exact) mass is 291 g/mol. The summed E-state index contributed by atoms with van der Waals surface area (Å²) in [6, 6.07) is 5.69. The molecule has 0 saturated carbocycles. The van der Waals surface area contributed by atoms with E-state index in [2.05, 4.69) is 10.3 Å². The molecule has 1 unspecified atom stereocenters. The number of methoxy groups -OCH3 is 1. The number of amides is 1. The lowest BCUT2D eigenvalue weighted by Gasteiger charge is -2.17. The first-order valence-corrected chi connectivity index (χ1v) is 7.05. The molecule has 0 aliphatic rings. The fourth-order valence-electron chi connectivity index (χ4n) is 1.93. The summed E-state index contributed by atoms with van der Waals surface area (Å²) in [6.45, 7) is 3.91. The van der Waals surface area contributed by atoms with Gasteiger partial charge in [-0.3, -0.25) is 4.79 Å². The summed E-state index contributed by atoms with van der Waals surface area (Å²) in [6.07, 6.45) is 0. The van der Waals surface area contributed by atoms with E-state index >= 15 is 0 Å². The molecule has 5 nitrogen and oxygen atoms in total. The van der Waals surface area contributed by atoms with Gasteiger partial charge in [-0.2, -0.15) is 0 Å². The topological polar surface area (TPSA) is 77.2 Å². The van der Waals surface area contributed by atoms with Gasteiger partial charge in [0.1, 0.15) is 11.4 Å². The predicted octanol–water partition coefficient (Wildman–Crippen LogP) is 2.53. The molecular weight excluding hydrogens is 274 g/mol. The minimum atomic E-state index is -0.242. The molecule has 0 radical (unpaired) electrons. The number of aromatic nitrogens is 1. The maximum Gasteiger partial charge on any atom is 0.271 e. The number of ether oxygens (including phenoxy) is 1. The summed E-state index contributed by atoms with van der Waals surface area (Å²) in [5.41, 5.74) is 7.92. The lowest BCUT2D eigenvalue weighted by atomic mass is 10.0. The molecule has 0 aliphatic carbocycles. The number of carbonyl (C=O) groups excluding carboxylic acids is 1. The Balaban J connectivity index is 2.17. The molecule has 0 fully saturated rings. The van der Waals surface area contributed by atoms with E-state index in [-0.39, 0.29) is 11.9 Å². The van der Waals surface area contributed by atoms with Gasteiger partial charge in [-0.25, -0.2) is 4.98 Å². The average Bonchev–Trinajstić information content (AvgIpc) is 2.85. The number of aryl methyl sites for hydroxylation is 1. The molecule has 0 bridgehead atoms. The van der Waals surface area contributed by atoms with Crippen LogP contribution in [-0.2, 0) is 0 Å². The number of nitrogens with one attached hydrogen (secondary N) is 1. The van der Waals surface area contributed by atoms with Crippen LogP contribution < -0.4 is 15.8 Å². The molecule has 20 heavy (non-hydrogen) atoms.